The van der Waals surface area contributed by atoms with Crippen molar-refractivity contribution in [1.82, 2.24) is 5.32 Å². The fourth-order valence-corrected chi connectivity index (χ4v) is 2.03. The van der Waals surface area contributed by atoms with E-state index in [1.807, 2.05) is 24.3 Å². The molecule has 1 aromatic rings. The average Bonchev–Trinajstić information content (AvgIpc) is 2.59. The Kier molecular flexibility index (Phi) is 3.06. The van der Waals surface area contributed by atoms with Crippen molar-refractivity contribution < 1.29 is 9.47 Å². The van der Waals surface area contributed by atoms with Crippen LogP contribution in [0.2, 0.25) is 0 Å². The molecule has 0 spiro atoms. The van der Waals surface area contributed by atoms with Gasteiger partial charge < -0.3 is 14.8 Å². The molecule has 1 aliphatic heterocycles. The van der Waals surface area contributed by atoms with Crippen molar-refractivity contribution in [2.75, 3.05) is 13.7 Å². The first kappa shape index (κ1) is 11.3. The first-order valence-corrected chi connectivity index (χ1v) is 5.65. The molecular weight excluding hydrogens is 202 g/mol. The molecule has 1 heterocycles. The van der Waals surface area contributed by atoms with E-state index in [1.165, 1.54) is 0 Å². The molecule has 3 nitrogen and oxygen atoms in total. The lowest BCUT2D eigenvalue weighted by molar-refractivity contribution is 0.214. The van der Waals surface area contributed by atoms with Gasteiger partial charge in [0.05, 0.1) is 7.11 Å². The van der Waals surface area contributed by atoms with E-state index in [9.17, 15) is 0 Å². The lowest BCUT2D eigenvalue weighted by atomic mass is 10.0. The largest absolute Gasteiger partial charge is 0.497 e. The minimum atomic E-state index is 0.192. The minimum Gasteiger partial charge on any atom is -0.497 e. The van der Waals surface area contributed by atoms with Gasteiger partial charge >= 0.3 is 0 Å². The number of rotatable bonds is 3. The number of nitrogens with one attached hydrogen (secondary N) is 1. The zero-order valence-corrected chi connectivity index (χ0v) is 10.1. The highest BCUT2D eigenvalue weighted by Crippen LogP contribution is 2.24. The summed E-state index contributed by atoms with van der Waals surface area (Å²) in [5, 5.41) is 3.44. The molecular formula is C13H19NO2. The number of ether oxygens (including phenoxy) is 2. The van der Waals surface area contributed by atoms with Gasteiger partial charge in [0.2, 0.25) is 0 Å². The van der Waals surface area contributed by atoms with E-state index < -0.39 is 0 Å². The van der Waals surface area contributed by atoms with Crippen molar-refractivity contribution >= 4 is 0 Å². The van der Waals surface area contributed by atoms with E-state index in [1.54, 1.807) is 7.11 Å². The van der Waals surface area contributed by atoms with Gasteiger partial charge in [-0.3, -0.25) is 0 Å². The molecule has 1 unspecified atom stereocenters. The van der Waals surface area contributed by atoms with Gasteiger partial charge in [-0.05, 0) is 38.1 Å². The van der Waals surface area contributed by atoms with E-state index in [2.05, 4.69) is 19.2 Å². The third kappa shape index (κ3) is 2.67. The van der Waals surface area contributed by atoms with Gasteiger partial charge in [-0.1, -0.05) is 0 Å². The second-order valence-corrected chi connectivity index (χ2v) is 4.88. The van der Waals surface area contributed by atoms with E-state index in [-0.39, 0.29) is 11.6 Å². The van der Waals surface area contributed by atoms with Crippen molar-refractivity contribution in [1.29, 1.82) is 0 Å². The molecule has 88 valence electrons. The summed E-state index contributed by atoms with van der Waals surface area (Å²) in [7, 11) is 1.67. The normalized spacial score (nSPS) is 23.1. The van der Waals surface area contributed by atoms with Gasteiger partial charge in [0.25, 0.3) is 0 Å². The summed E-state index contributed by atoms with van der Waals surface area (Å²) in [5.41, 5.74) is 0.192. The number of hydrogen-bond acceptors (Lipinski definition) is 3. The van der Waals surface area contributed by atoms with Crippen LogP contribution < -0.4 is 14.8 Å². The van der Waals surface area contributed by atoms with Crippen LogP contribution in [0.25, 0.3) is 0 Å². The van der Waals surface area contributed by atoms with Gasteiger partial charge in [-0.2, -0.15) is 0 Å². The van der Waals surface area contributed by atoms with E-state index >= 15 is 0 Å². The molecule has 0 radical (unpaired) electrons. The molecule has 1 aliphatic rings. The monoisotopic (exact) mass is 221 g/mol. The third-order valence-electron chi connectivity index (χ3n) is 2.91. The maximum Gasteiger partial charge on any atom is 0.120 e. The quantitative estimate of drug-likeness (QED) is 0.849. The van der Waals surface area contributed by atoms with Crippen molar-refractivity contribution in [3.8, 4) is 11.5 Å². The number of benzene rings is 1. The topological polar surface area (TPSA) is 30.5 Å². The highest BCUT2D eigenvalue weighted by atomic mass is 16.5. The Morgan fingerprint density at radius 2 is 1.81 bits per heavy atom. The van der Waals surface area contributed by atoms with Crippen LogP contribution >= 0.6 is 0 Å². The average molecular weight is 221 g/mol. The molecule has 1 N–H and O–H groups in total. The Balaban J connectivity index is 1.94. The standard InChI is InChI=1S/C13H19NO2/c1-13(2)8-12(9-14-13)16-11-6-4-10(15-3)5-7-11/h4-7,12,14H,8-9H2,1-3H3. The van der Waals surface area contributed by atoms with Crippen LogP contribution in [-0.2, 0) is 0 Å². The predicted molar refractivity (Wildman–Crippen MR) is 64.1 cm³/mol. The van der Waals surface area contributed by atoms with Gasteiger partial charge in [0, 0.05) is 18.5 Å². The number of methoxy groups -OCH3 is 1. The van der Waals surface area contributed by atoms with Crippen LogP contribution in [0, 0.1) is 0 Å². The first-order chi connectivity index (χ1) is 7.59. The Morgan fingerprint density at radius 3 is 2.31 bits per heavy atom. The highest BCUT2D eigenvalue weighted by molar-refractivity contribution is 5.31. The molecule has 0 bridgehead atoms. The second-order valence-electron chi connectivity index (χ2n) is 4.88. The minimum absolute atomic E-state index is 0.192. The molecule has 0 aliphatic carbocycles. The second kappa shape index (κ2) is 4.34. The van der Waals surface area contributed by atoms with Crippen LogP contribution in [0.3, 0.4) is 0 Å². The summed E-state index contributed by atoms with van der Waals surface area (Å²) >= 11 is 0. The maximum absolute atomic E-state index is 5.89. The molecule has 0 amide bonds. The summed E-state index contributed by atoms with van der Waals surface area (Å²) in [5.74, 6) is 1.77. The first-order valence-electron chi connectivity index (χ1n) is 5.65. The molecule has 0 aromatic heterocycles. The highest BCUT2D eigenvalue weighted by Gasteiger charge is 2.31. The van der Waals surface area contributed by atoms with Crippen LogP contribution in [0.1, 0.15) is 20.3 Å². The predicted octanol–water partition coefficient (Wildman–Crippen LogP) is 2.21. The Labute approximate surface area is 96.8 Å². The van der Waals surface area contributed by atoms with Gasteiger partial charge in [-0.15, -0.1) is 0 Å². The molecule has 2 rings (SSSR count). The molecule has 1 fully saturated rings. The van der Waals surface area contributed by atoms with E-state index in [0.29, 0.717) is 0 Å². The summed E-state index contributed by atoms with van der Waals surface area (Å²) in [4.78, 5) is 0. The fraction of sp³-hybridized carbons (Fsp3) is 0.538. The molecule has 1 aromatic carbocycles. The van der Waals surface area contributed by atoms with Crippen molar-refractivity contribution in [3.05, 3.63) is 24.3 Å². The fourth-order valence-electron chi connectivity index (χ4n) is 2.03. The summed E-state index contributed by atoms with van der Waals surface area (Å²) in [6.45, 7) is 5.31. The summed E-state index contributed by atoms with van der Waals surface area (Å²) in [6, 6.07) is 7.74. The lowest BCUT2D eigenvalue weighted by Crippen LogP contribution is -2.31. The van der Waals surface area contributed by atoms with Crippen molar-refractivity contribution in [2.45, 2.75) is 31.9 Å². The van der Waals surface area contributed by atoms with Gasteiger partial charge in [-0.25, -0.2) is 0 Å². The van der Waals surface area contributed by atoms with Crippen molar-refractivity contribution in [2.24, 2.45) is 0 Å². The summed E-state index contributed by atoms with van der Waals surface area (Å²) in [6.07, 6.45) is 1.31. The van der Waals surface area contributed by atoms with Gasteiger partial charge in [0.15, 0.2) is 0 Å². The van der Waals surface area contributed by atoms with E-state index in [4.69, 9.17) is 9.47 Å². The van der Waals surface area contributed by atoms with Crippen LogP contribution in [0.5, 0.6) is 11.5 Å². The lowest BCUT2D eigenvalue weighted by Gasteiger charge is -2.17. The zero-order chi connectivity index (χ0) is 11.6. The van der Waals surface area contributed by atoms with E-state index in [0.717, 1.165) is 24.5 Å². The molecule has 1 atom stereocenters. The Bertz CT molecular complexity index is 345. The number of hydrogen-bond donors (Lipinski definition) is 1. The van der Waals surface area contributed by atoms with Gasteiger partial charge in [0.1, 0.15) is 17.6 Å². The van der Waals surface area contributed by atoms with Crippen LogP contribution in [0.4, 0.5) is 0 Å². The Morgan fingerprint density at radius 1 is 1.19 bits per heavy atom. The molecule has 0 saturated carbocycles. The molecule has 1 saturated heterocycles. The molecule has 3 heteroatoms. The smallest absolute Gasteiger partial charge is 0.120 e. The maximum atomic E-state index is 5.89. The van der Waals surface area contributed by atoms with Crippen LogP contribution in [-0.4, -0.2) is 25.3 Å². The van der Waals surface area contributed by atoms with Crippen molar-refractivity contribution in [3.63, 3.8) is 0 Å². The third-order valence-corrected chi connectivity index (χ3v) is 2.91. The summed E-state index contributed by atoms with van der Waals surface area (Å²) < 4.78 is 11.0. The Hall–Kier alpha value is -1.22. The SMILES string of the molecule is COc1ccc(OC2CNC(C)(C)C2)cc1. The molecule has 16 heavy (non-hydrogen) atoms. The van der Waals surface area contributed by atoms with Crippen LogP contribution in [0.15, 0.2) is 24.3 Å². The zero-order valence-electron chi connectivity index (χ0n) is 10.1.